The van der Waals surface area contributed by atoms with E-state index >= 15 is 0 Å². The summed E-state index contributed by atoms with van der Waals surface area (Å²) in [5, 5.41) is 8.67. The number of hydrogen-bond donors (Lipinski definition) is 0. The van der Waals surface area contributed by atoms with Crippen LogP contribution in [0.25, 0.3) is 16.9 Å². The fourth-order valence-corrected chi connectivity index (χ4v) is 3.99. The van der Waals surface area contributed by atoms with E-state index in [1.807, 2.05) is 60.4 Å². The van der Waals surface area contributed by atoms with E-state index in [4.69, 9.17) is 0 Å². The molecule has 4 aromatic rings. The number of benzene rings is 2. The fourth-order valence-electron chi connectivity index (χ4n) is 3.72. The summed E-state index contributed by atoms with van der Waals surface area (Å²) >= 11 is 3.41. The van der Waals surface area contributed by atoms with Crippen molar-refractivity contribution < 1.29 is 4.79 Å². The second-order valence-electron chi connectivity index (χ2n) is 7.49. The van der Waals surface area contributed by atoms with E-state index < -0.39 is 0 Å². The lowest BCUT2D eigenvalue weighted by Crippen LogP contribution is -2.49. The molecule has 0 atom stereocenters. The smallest absolute Gasteiger partial charge is 0.253 e. The molecule has 1 amide bonds. The third kappa shape index (κ3) is 3.76. The van der Waals surface area contributed by atoms with E-state index in [1.54, 1.807) is 11.0 Å². The number of hydrogen-bond acceptors (Lipinski definition) is 6. The molecule has 0 spiro atoms. The molecule has 0 saturated carbocycles. The molecule has 1 saturated heterocycles. The number of rotatable bonds is 3. The standard InChI is InChI=1S/C22H20BrN7O/c1-15-2-8-18(9-3-15)30-21-19(26-27-30)20(24-14-25-21)28-10-12-29(13-11-28)22(31)16-4-6-17(23)7-5-16/h2-9,14H,10-13H2,1H3. The van der Waals surface area contributed by atoms with Crippen LogP contribution in [0.4, 0.5) is 5.82 Å². The highest BCUT2D eigenvalue weighted by molar-refractivity contribution is 9.10. The van der Waals surface area contributed by atoms with E-state index in [-0.39, 0.29) is 5.91 Å². The second-order valence-corrected chi connectivity index (χ2v) is 8.41. The highest BCUT2D eigenvalue weighted by atomic mass is 79.9. The summed E-state index contributed by atoms with van der Waals surface area (Å²) in [4.78, 5) is 25.7. The van der Waals surface area contributed by atoms with Gasteiger partial charge in [-0.25, -0.2) is 9.97 Å². The van der Waals surface area contributed by atoms with Gasteiger partial charge < -0.3 is 9.80 Å². The minimum Gasteiger partial charge on any atom is -0.351 e. The van der Waals surface area contributed by atoms with Crippen molar-refractivity contribution in [3.05, 3.63) is 70.5 Å². The maximum atomic E-state index is 12.8. The van der Waals surface area contributed by atoms with Gasteiger partial charge in [0.15, 0.2) is 17.0 Å². The zero-order valence-electron chi connectivity index (χ0n) is 16.9. The number of amides is 1. The normalized spacial score (nSPS) is 14.3. The summed E-state index contributed by atoms with van der Waals surface area (Å²) < 4.78 is 2.69. The Morgan fingerprint density at radius 3 is 2.35 bits per heavy atom. The Labute approximate surface area is 187 Å². The number of carbonyl (C=O) groups is 1. The average Bonchev–Trinajstić information content (AvgIpc) is 3.24. The lowest BCUT2D eigenvalue weighted by atomic mass is 10.2. The van der Waals surface area contributed by atoms with Crippen LogP contribution in [-0.2, 0) is 0 Å². The fraction of sp³-hybridized carbons (Fsp3) is 0.227. The van der Waals surface area contributed by atoms with Crippen molar-refractivity contribution in [3.63, 3.8) is 0 Å². The number of fused-ring (bicyclic) bond motifs is 1. The molecule has 2 aromatic carbocycles. The summed E-state index contributed by atoms with van der Waals surface area (Å²) in [6, 6.07) is 15.5. The minimum absolute atomic E-state index is 0.0466. The van der Waals surface area contributed by atoms with Gasteiger partial charge in [0.25, 0.3) is 5.91 Å². The van der Waals surface area contributed by atoms with Crippen molar-refractivity contribution in [2.75, 3.05) is 31.1 Å². The van der Waals surface area contributed by atoms with Gasteiger partial charge in [0.05, 0.1) is 5.69 Å². The first-order chi connectivity index (χ1) is 15.1. The Morgan fingerprint density at radius 2 is 1.65 bits per heavy atom. The number of nitrogens with zero attached hydrogens (tertiary/aromatic N) is 7. The zero-order valence-corrected chi connectivity index (χ0v) is 18.5. The lowest BCUT2D eigenvalue weighted by molar-refractivity contribution is 0.0746. The molecule has 1 aliphatic heterocycles. The largest absolute Gasteiger partial charge is 0.351 e. The van der Waals surface area contributed by atoms with Gasteiger partial charge in [-0.1, -0.05) is 38.8 Å². The molecule has 0 N–H and O–H groups in total. The summed E-state index contributed by atoms with van der Waals surface area (Å²) in [6.07, 6.45) is 1.55. The highest BCUT2D eigenvalue weighted by Gasteiger charge is 2.25. The Morgan fingerprint density at radius 1 is 0.935 bits per heavy atom. The van der Waals surface area contributed by atoms with Gasteiger partial charge in [0, 0.05) is 36.2 Å². The van der Waals surface area contributed by atoms with Gasteiger partial charge in [-0.15, -0.1) is 5.10 Å². The predicted molar refractivity (Wildman–Crippen MR) is 121 cm³/mol. The maximum absolute atomic E-state index is 12.8. The lowest BCUT2D eigenvalue weighted by Gasteiger charge is -2.35. The van der Waals surface area contributed by atoms with Crippen molar-refractivity contribution in [1.29, 1.82) is 0 Å². The van der Waals surface area contributed by atoms with Crippen LogP contribution in [0.2, 0.25) is 0 Å². The number of halogens is 1. The van der Waals surface area contributed by atoms with Crippen LogP contribution in [0.15, 0.2) is 59.3 Å². The molecule has 31 heavy (non-hydrogen) atoms. The summed E-state index contributed by atoms with van der Waals surface area (Å²) in [5.41, 5.74) is 4.11. The van der Waals surface area contributed by atoms with Crippen LogP contribution < -0.4 is 4.90 Å². The molecule has 3 heterocycles. The van der Waals surface area contributed by atoms with Crippen LogP contribution in [0.1, 0.15) is 15.9 Å². The minimum atomic E-state index is 0.0466. The number of piperazine rings is 1. The molecule has 156 valence electrons. The Kier molecular flexibility index (Phi) is 5.11. The van der Waals surface area contributed by atoms with Crippen molar-refractivity contribution in [2.45, 2.75) is 6.92 Å². The quantitative estimate of drug-likeness (QED) is 0.450. The number of aromatic nitrogens is 5. The summed E-state index contributed by atoms with van der Waals surface area (Å²) in [5.74, 6) is 0.796. The zero-order chi connectivity index (χ0) is 21.4. The van der Waals surface area contributed by atoms with Crippen LogP contribution >= 0.6 is 15.9 Å². The van der Waals surface area contributed by atoms with E-state index in [9.17, 15) is 4.79 Å². The molecule has 1 fully saturated rings. The van der Waals surface area contributed by atoms with Crippen molar-refractivity contribution in [1.82, 2.24) is 29.9 Å². The van der Waals surface area contributed by atoms with Gasteiger partial charge in [-0.2, -0.15) is 4.68 Å². The van der Waals surface area contributed by atoms with Gasteiger partial charge in [0.2, 0.25) is 0 Å². The number of aryl methyl sites for hydroxylation is 1. The molecule has 5 rings (SSSR count). The number of anilines is 1. The van der Waals surface area contributed by atoms with E-state index in [2.05, 4.69) is 41.1 Å². The van der Waals surface area contributed by atoms with Crippen LogP contribution in [0.3, 0.4) is 0 Å². The molecule has 2 aromatic heterocycles. The van der Waals surface area contributed by atoms with Gasteiger partial charge in [-0.3, -0.25) is 4.79 Å². The van der Waals surface area contributed by atoms with E-state index in [1.165, 1.54) is 5.56 Å². The first-order valence-electron chi connectivity index (χ1n) is 10.0. The topological polar surface area (TPSA) is 80.0 Å². The van der Waals surface area contributed by atoms with Crippen LogP contribution in [0.5, 0.6) is 0 Å². The van der Waals surface area contributed by atoms with Crippen molar-refractivity contribution in [3.8, 4) is 5.69 Å². The Balaban J connectivity index is 1.36. The molecule has 0 aliphatic carbocycles. The average molecular weight is 478 g/mol. The van der Waals surface area contributed by atoms with E-state index in [0.717, 1.165) is 16.0 Å². The second kappa shape index (κ2) is 8.07. The SMILES string of the molecule is Cc1ccc(-n2nnc3c(N4CCN(C(=O)c5ccc(Br)cc5)CC4)ncnc32)cc1. The molecule has 0 unspecified atom stereocenters. The van der Waals surface area contributed by atoms with E-state index in [0.29, 0.717) is 42.9 Å². The summed E-state index contributed by atoms with van der Waals surface area (Å²) in [6.45, 7) is 4.63. The first kappa shape index (κ1) is 19.6. The molecule has 0 radical (unpaired) electrons. The van der Waals surface area contributed by atoms with Gasteiger partial charge >= 0.3 is 0 Å². The maximum Gasteiger partial charge on any atom is 0.253 e. The highest BCUT2D eigenvalue weighted by Crippen LogP contribution is 2.24. The third-order valence-electron chi connectivity index (χ3n) is 5.45. The molecule has 1 aliphatic rings. The van der Waals surface area contributed by atoms with Crippen molar-refractivity contribution >= 4 is 38.8 Å². The molecular weight excluding hydrogens is 458 g/mol. The summed E-state index contributed by atoms with van der Waals surface area (Å²) in [7, 11) is 0. The molecule has 0 bridgehead atoms. The Bertz CT molecular complexity index is 1230. The first-order valence-corrected chi connectivity index (χ1v) is 10.8. The van der Waals surface area contributed by atoms with Crippen molar-refractivity contribution in [2.24, 2.45) is 0 Å². The molecular formula is C22H20BrN7O. The molecule has 8 nitrogen and oxygen atoms in total. The third-order valence-corrected chi connectivity index (χ3v) is 5.98. The molecule has 9 heteroatoms. The predicted octanol–water partition coefficient (Wildman–Crippen LogP) is 3.24. The number of carbonyl (C=O) groups excluding carboxylic acids is 1. The van der Waals surface area contributed by atoms with Gasteiger partial charge in [-0.05, 0) is 43.3 Å². The van der Waals surface area contributed by atoms with Gasteiger partial charge in [0.1, 0.15) is 6.33 Å². The van der Waals surface area contributed by atoms with Crippen LogP contribution in [0, 0.1) is 6.92 Å². The Hall–Kier alpha value is -3.33. The monoisotopic (exact) mass is 477 g/mol. The van der Waals surface area contributed by atoms with Crippen LogP contribution in [-0.4, -0.2) is 61.9 Å².